The third-order valence-electron chi connectivity index (χ3n) is 3.19. The first kappa shape index (κ1) is 9.71. The number of nitrogens with zero attached hydrogens (tertiary/aromatic N) is 2. The summed E-state index contributed by atoms with van der Waals surface area (Å²) in [6.45, 7) is 5.62. The summed E-state index contributed by atoms with van der Waals surface area (Å²) in [5.74, 6) is 0. The molecule has 0 radical (unpaired) electrons. The molecule has 1 aliphatic heterocycles. The maximum Gasteiger partial charge on any atom is 0.0951 e. The van der Waals surface area contributed by atoms with Crippen molar-refractivity contribution in [3.8, 4) is 0 Å². The van der Waals surface area contributed by atoms with Crippen molar-refractivity contribution in [2.24, 2.45) is 0 Å². The van der Waals surface area contributed by atoms with Gasteiger partial charge in [0, 0.05) is 24.0 Å². The highest BCUT2D eigenvalue weighted by Gasteiger charge is 2.23. The summed E-state index contributed by atoms with van der Waals surface area (Å²) in [5.41, 5.74) is 1.35. The average molecular weight is 193 g/mol. The summed E-state index contributed by atoms with van der Waals surface area (Å²) in [6, 6.07) is 1.17. The van der Waals surface area contributed by atoms with E-state index >= 15 is 0 Å². The van der Waals surface area contributed by atoms with Crippen molar-refractivity contribution in [1.29, 1.82) is 0 Å². The lowest BCUT2D eigenvalue weighted by Gasteiger charge is -2.32. The number of aryl methyl sites for hydroxylation is 1. The van der Waals surface area contributed by atoms with Crippen LogP contribution in [-0.4, -0.2) is 22.1 Å². The molecule has 2 atom stereocenters. The molecule has 2 rings (SSSR count). The molecule has 3 heteroatoms. The molecule has 0 amide bonds. The van der Waals surface area contributed by atoms with E-state index in [-0.39, 0.29) is 0 Å². The van der Waals surface area contributed by atoms with Crippen LogP contribution in [0.15, 0.2) is 12.5 Å². The van der Waals surface area contributed by atoms with Crippen LogP contribution in [0, 0.1) is 0 Å². The predicted molar refractivity (Wildman–Crippen MR) is 57.3 cm³/mol. The van der Waals surface area contributed by atoms with Gasteiger partial charge in [-0.05, 0) is 32.7 Å². The first-order valence-electron chi connectivity index (χ1n) is 5.57. The van der Waals surface area contributed by atoms with Crippen LogP contribution in [0.2, 0.25) is 0 Å². The van der Waals surface area contributed by atoms with Crippen LogP contribution in [0.3, 0.4) is 0 Å². The SMILES string of the molecule is CCc1cncn1C1CCCNC1C. The van der Waals surface area contributed by atoms with E-state index in [0.717, 1.165) is 13.0 Å². The van der Waals surface area contributed by atoms with E-state index in [1.54, 1.807) is 0 Å². The average Bonchev–Trinajstić information content (AvgIpc) is 2.66. The highest BCUT2D eigenvalue weighted by molar-refractivity contribution is 5.02. The zero-order valence-corrected chi connectivity index (χ0v) is 9.03. The maximum atomic E-state index is 4.24. The smallest absolute Gasteiger partial charge is 0.0951 e. The van der Waals surface area contributed by atoms with E-state index in [2.05, 4.69) is 28.7 Å². The highest BCUT2D eigenvalue weighted by Crippen LogP contribution is 2.23. The van der Waals surface area contributed by atoms with Crippen LogP contribution >= 0.6 is 0 Å². The normalized spacial score (nSPS) is 27.9. The largest absolute Gasteiger partial charge is 0.330 e. The number of nitrogens with one attached hydrogen (secondary N) is 1. The zero-order chi connectivity index (χ0) is 9.97. The maximum absolute atomic E-state index is 4.24. The van der Waals surface area contributed by atoms with E-state index in [9.17, 15) is 0 Å². The lowest BCUT2D eigenvalue weighted by molar-refractivity contribution is 0.291. The Bertz CT molecular complexity index is 292. The minimum Gasteiger partial charge on any atom is -0.330 e. The van der Waals surface area contributed by atoms with Crippen molar-refractivity contribution >= 4 is 0 Å². The minimum absolute atomic E-state index is 0.572. The number of piperidine rings is 1. The van der Waals surface area contributed by atoms with Crippen molar-refractivity contribution in [2.75, 3.05) is 6.54 Å². The first-order valence-corrected chi connectivity index (χ1v) is 5.57. The van der Waals surface area contributed by atoms with Gasteiger partial charge < -0.3 is 9.88 Å². The Kier molecular flexibility index (Phi) is 2.87. The van der Waals surface area contributed by atoms with Gasteiger partial charge in [-0.3, -0.25) is 0 Å². The van der Waals surface area contributed by atoms with E-state index in [1.165, 1.54) is 18.5 Å². The summed E-state index contributed by atoms with van der Waals surface area (Å²) >= 11 is 0. The summed E-state index contributed by atoms with van der Waals surface area (Å²) in [7, 11) is 0. The van der Waals surface area contributed by atoms with Gasteiger partial charge in [0.1, 0.15) is 0 Å². The molecule has 3 nitrogen and oxygen atoms in total. The lowest BCUT2D eigenvalue weighted by atomic mass is 9.99. The Morgan fingerprint density at radius 2 is 2.50 bits per heavy atom. The Morgan fingerprint density at radius 3 is 3.21 bits per heavy atom. The van der Waals surface area contributed by atoms with Gasteiger partial charge in [0.25, 0.3) is 0 Å². The number of aromatic nitrogens is 2. The Labute approximate surface area is 85.5 Å². The summed E-state index contributed by atoms with van der Waals surface area (Å²) in [4.78, 5) is 4.24. The molecule has 0 spiro atoms. The Morgan fingerprint density at radius 1 is 1.64 bits per heavy atom. The zero-order valence-electron chi connectivity index (χ0n) is 9.03. The van der Waals surface area contributed by atoms with E-state index < -0.39 is 0 Å². The molecule has 1 aromatic heterocycles. The standard InChI is InChI=1S/C11H19N3/c1-3-10-7-12-8-14(10)11-5-4-6-13-9(11)2/h7-9,11,13H,3-6H2,1-2H3. The Balaban J connectivity index is 2.20. The van der Waals surface area contributed by atoms with Crippen LogP contribution in [0.4, 0.5) is 0 Å². The minimum atomic E-state index is 0.572. The van der Waals surface area contributed by atoms with Gasteiger partial charge in [-0.25, -0.2) is 4.98 Å². The van der Waals surface area contributed by atoms with Crippen molar-refractivity contribution in [3.05, 3.63) is 18.2 Å². The van der Waals surface area contributed by atoms with E-state index in [1.807, 2.05) is 12.5 Å². The Hall–Kier alpha value is -0.830. The third kappa shape index (κ3) is 1.69. The molecule has 0 aromatic carbocycles. The van der Waals surface area contributed by atoms with Crippen molar-refractivity contribution in [2.45, 2.75) is 45.2 Å². The second kappa shape index (κ2) is 4.13. The molecule has 0 bridgehead atoms. The molecule has 0 aliphatic carbocycles. The van der Waals surface area contributed by atoms with Gasteiger partial charge in [0.2, 0.25) is 0 Å². The van der Waals surface area contributed by atoms with Crippen LogP contribution in [0.1, 0.15) is 38.4 Å². The van der Waals surface area contributed by atoms with Gasteiger partial charge in [0.05, 0.1) is 6.33 Å². The van der Waals surface area contributed by atoms with Crippen molar-refractivity contribution in [1.82, 2.24) is 14.9 Å². The molecule has 1 saturated heterocycles. The predicted octanol–water partition coefficient (Wildman–Crippen LogP) is 1.76. The van der Waals surface area contributed by atoms with Crippen molar-refractivity contribution < 1.29 is 0 Å². The van der Waals surface area contributed by atoms with Gasteiger partial charge in [-0.1, -0.05) is 6.92 Å². The molecule has 1 aliphatic rings. The van der Waals surface area contributed by atoms with Gasteiger partial charge >= 0.3 is 0 Å². The summed E-state index contributed by atoms with van der Waals surface area (Å²) in [5, 5.41) is 3.52. The lowest BCUT2D eigenvalue weighted by Crippen LogP contribution is -2.40. The topological polar surface area (TPSA) is 29.9 Å². The van der Waals surface area contributed by atoms with Crippen molar-refractivity contribution in [3.63, 3.8) is 0 Å². The van der Waals surface area contributed by atoms with E-state index in [4.69, 9.17) is 0 Å². The molecule has 78 valence electrons. The second-order valence-electron chi connectivity index (χ2n) is 4.10. The van der Waals surface area contributed by atoms with Gasteiger partial charge in [-0.2, -0.15) is 0 Å². The summed E-state index contributed by atoms with van der Waals surface area (Å²) in [6.07, 6.45) is 7.59. The monoisotopic (exact) mass is 193 g/mol. The van der Waals surface area contributed by atoms with Crippen LogP contribution in [0.5, 0.6) is 0 Å². The molecule has 1 N–H and O–H groups in total. The highest BCUT2D eigenvalue weighted by atomic mass is 15.1. The third-order valence-corrected chi connectivity index (χ3v) is 3.19. The molecular formula is C11H19N3. The van der Waals surface area contributed by atoms with Gasteiger partial charge in [-0.15, -0.1) is 0 Å². The molecule has 14 heavy (non-hydrogen) atoms. The number of hydrogen-bond donors (Lipinski definition) is 1. The molecule has 0 saturated carbocycles. The second-order valence-corrected chi connectivity index (χ2v) is 4.10. The van der Waals surface area contributed by atoms with Gasteiger partial charge in [0.15, 0.2) is 0 Å². The van der Waals surface area contributed by atoms with Crippen LogP contribution in [0.25, 0.3) is 0 Å². The molecule has 1 fully saturated rings. The van der Waals surface area contributed by atoms with Crippen LogP contribution < -0.4 is 5.32 Å². The molecule has 2 heterocycles. The molecule has 1 aromatic rings. The number of hydrogen-bond acceptors (Lipinski definition) is 2. The fourth-order valence-electron chi connectivity index (χ4n) is 2.31. The molecule has 2 unspecified atom stereocenters. The molecular weight excluding hydrogens is 174 g/mol. The number of imidazole rings is 1. The van der Waals surface area contributed by atoms with Crippen LogP contribution in [-0.2, 0) is 6.42 Å². The fraction of sp³-hybridized carbons (Fsp3) is 0.727. The van der Waals surface area contributed by atoms with E-state index in [0.29, 0.717) is 12.1 Å². The number of rotatable bonds is 2. The fourth-order valence-corrected chi connectivity index (χ4v) is 2.31. The quantitative estimate of drug-likeness (QED) is 0.775. The first-order chi connectivity index (χ1) is 6.83. The summed E-state index contributed by atoms with van der Waals surface area (Å²) < 4.78 is 2.34.